The normalized spacial score (nSPS) is 24.2. The first kappa shape index (κ1) is 21.5. The van der Waals surface area contributed by atoms with Gasteiger partial charge in [-0.3, -0.25) is 4.79 Å². The summed E-state index contributed by atoms with van der Waals surface area (Å²) in [7, 11) is 0. The lowest BCUT2D eigenvalue weighted by Gasteiger charge is -2.18. The molecule has 3 N–H and O–H groups in total. The van der Waals surface area contributed by atoms with E-state index >= 15 is 0 Å². The van der Waals surface area contributed by atoms with Gasteiger partial charge in [0.05, 0.1) is 6.42 Å². The lowest BCUT2D eigenvalue weighted by Crippen LogP contribution is -2.40. The molecule has 136 valence electrons. The van der Waals surface area contributed by atoms with E-state index in [2.05, 4.69) is 30.4 Å². The van der Waals surface area contributed by atoms with E-state index in [-0.39, 0.29) is 11.1 Å². The third-order valence-corrected chi connectivity index (χ3v) is 7.04. The fraction of sp³-hybridized carbons (Fsp3) is 0.938. The Balaban J connectivity index is 1.89. The van der Waals surface area contributed by atoms with Crippen LogP contribution in [-0.4, -0.2) is 25.7 Å². The number of thiol groups is 1. The summed E-state index contributed by atoms with van der Waals surface area (Å²) in [6.45, 7) is 2.26. The van der Waals surface area contributed by atoms with Crippen LogP contribution in [0, 0.1) is 0 Å². The van der Waals surface area contributed by atoms with Crippen LogP contribution in [0.1, 0.15) is 77.6 Å². The van der Waals surface area contributed by atoms with Crippen molar-refractivity contribution < 1.29 is 9.90 Å². The highest BCUT2D eigenvalue weighted by Crippen LogP contribution is 2.41. The molecule has 0 radical (unpaired) electrons. The van der Waals surface area contributed by atoms with E-state index in [9.17, 15) is 4.79 Å². The van der Waals surface area contributed by atoms with Gasteiger partial charge in [0.1, 0.15) is 8.91 Å². The molecule has 2 atom stereocenters. The van der Waals surface area contributed by atoms with E-state index in [0.29, 0.717) is 0 Å². The molecule has 1 aliphatic rings. The molecule has 7 heteroatoms. The van der Waals surface area contributed by atoms with Gasteiger partial charge in [0, 0.05) is 0 Å². The number of nitrogens with one attached hydrogen (secondary N) is 2. The van der Waals surface area contributed by atoms with E-state index in [1.54, 1.807) is 11.8 Å². The molecule has 1 heterocycles. The van der Waals surface area contributed by atoms with Crippen molar-refractivity contribution in [3.8, 4) is 0 Å². The molecular weight excluding hydrogens is 348 g/mol. The summed E-state index contributed by atoms with van der Waals surface area (Å²) in [5.74, 6) is 0.280. The zero-order valence-electron chi connectivity index (χ0n) is 14.2. The van der Waals surface area contributed by atoms with Crippen molar-refractivity contribution in [2.75, 3.05) is 5.75 Å². The van der Waals surface area contributed by atoms with Crippen molar-refractivity contribution in [2.24, 2.45) is 0 Å². The van der Waals surface area contributed by atoms with Crippen LogP contribution in [0.25, 0.3) is 0 Å². The molecular formula is C16H32N2O2S3. The average Bonchev–Trinajstić information content (AvgIpc) is 2.85. The van der Waals surface area contributed by atoms with Crippen molar-refractivity contribution in [1.82, 2.24) is 10.9 Å². The van der Waals surface area contributed by atoms with Crippen molar-refractivity contribution >= 4 is 42.1 Å². The first-order chi connectivity index (χ1) is 11.1. The predicted molar refractivity (Wildman–Crippen MR) is 106 cm³/mol. The molecule has 0 spiro atoms. The number of thioether (sulfide) groups is 2. The van der Waals surface area contributed by atoms with Gasteiger partial charge >= 0.3 is 5.97 Å². The second-order valence-electron chi connectivity index (χ2n) is 6.13. The SMILES string of the molecule is CCCCCCCCCCCCSC1NNC(S)(CC(=O)O)S1. The van der Waals surface area contributed by atoms with Crippen LogP contribution in [0.2, 0.25) is 0 Å². The zero-order valence-corrected chi connectivity index (χ0v) is 16.7. The summed E-state index contributed by atoms with van der Waals surface area (Å²) in [6, 6.07) is 0. The number of carboxylic acids is 1. The highest BCUT2D eigenvalue weighted by Gasteiger charge is 2.38. The van der Waals surface area contributed by atoms with Gasteiger partial charge in [-0.25, -0.2) is 10.9 Å². The summed E-state index contributed by atoms with van der Waals surface area (Å²) in [5, 5.41) is 8.87. The molecule has 0 bridgehead atoms. The first-order valence-corrected chi connectivity index (χ1v) is 11.2. The van der Waals surface area contributed by atoms with Gasteiger partial charge in [-0.05, 0) is 12.2 Å². The number of unbranched alkanes of at least 4 members (excludes halogenated alkanes) is 9. The molecule has 2 unspecified atom stereocenters. The maximum Gasteiger partial charge on any atom is 0.307 e. The van der Waals surface area contributed by atoms with Gasteiger partial charge < -0.3 is 5.11 Å². The maximum absolute atomic E-state index is 10.8. The summed E-state index contributed by atoms with van der Waals surface area (Å²) < 4.78 is -0.508. The maximum atomic E-state index is 10.8. The molecule has 0 aromatic heterocycles. The van der Waals surface area contributed by atoms with Crippen LogP contribution >= 0.6 is 36.2 Å². The Kier molecular flexibility index (Phi) is 11.9. The van der Waals surface area contributed by atoms with Crippen molar-refractivity contribution in [3.05, 3.63) is 0 Å². The predicted octanol–water partition coefficient (Wildman–Crippen LogP) is 4.82. The highest BCUT2D eigenvalue weighted by molar-refractivity contribution is 8.22. The minimum atomic E-state index is -0.831. The zero-order chi connectivity index (χ0) is 17.0. The molecule has 1 fully saturated rings. The van der Waals surface area contributed by atoms with Gasteiger partial charge in [-0.1, -0.05) is 76.5 Å². The second kappa shape index (κ2) is 12.8. The molecule has 0 amide bonds. The average molecular weight is 381 g/mol. The number of hydrazine groups is 1. The largest absolute Gasteiger partial charge is 0.481 e. The number of rotatable bonds is 14. The summed E-state index contributed by atoms with van der Waals surface area (Å²) in [6.07, 6.45) is 13.6. The lowest BCUT2D eigenvalue weighted by molar-refractivity contribution is -0.137. The standard InChI is InChI=1S/C16H32N2O2S3/c1-2-3-4-5-6-7-8-9-10-11-12-22-15-17-18-16(21,23-15)13-14(19)20/h15,17-18,21H,2-13H2,1H3,(H,19,20). The molecule has 0 aromatic carbocycles. The minimum Gasteiger partial charge on any atom is -0.481 e. The van der Waals surface area contributed by atoms with E-state index in [1.807, 2.05) is 11.8 Å². The summed E-state index contributed by atoms with van der Waals surface area (Å²) in [5.41, 5.74) is 6.10. The third-order valence-electron chi connectivity index (χ3n) is 3.85. The van der Waals surface area contributed by atoms with Crippen molar-refractivity contribution in [3.63, 3.8) is 0 Å². The van der Waals surface area contributed by atoms with Crippen LogP contribution in [0.5, 0.6) is 0 Å². The number of carboxylic acid groups (broad SMARTS) is 1. The van der Waals surface area contributed by atoms with Gasteiger partial charge in [0.25, 0.3) is 0 Å². The van der Waals surface area contributed by atoms with Crippen LogP contribution in [-0.2, 0) is 4.79 Å². The molecule has 1 rings (SSSR count). The minimum absolute atomic E-state index is 0.00307. The van der Waals surface area contributed by atoms with Crippen LogP contribution in [0.4, 0.5) is 0 Å². The smallest absolute Gasteiger partial charge is 0.307 e. The van der Waals surface area contributed by atoms with E-state index < -0.39 is 10.2 Å². The Morgan fingerprint density at radius 1 is 1.13 bits per heavy atom. The van der Waals surface area contributed by atoms with Crippen molar-refractivity contribution in [2.45, 2.75) is 86.5 Å². The topological polar surface area (TPSA) is 61.4 Å². The Labute approximate surface area is 155 Å². The molecule has 1 saturated heterocycles. The molecule has 1 aliphatic heterocycles. The molecule has 0 aliphatic carbocycles. The Morgan fingerprint density at radius 2 is 1.70 bits per heavy atom. The Morgan fingerprint density at radius 3 is 2.26 bits per heavy atom. The van der Waals surface area contributed by atoms with Gasteiger partial charge in [-0.2, -0.15) is 0 Å². The van der Waals surface area contributed by atoms with Crippen LogP contribution in [0.3, 0.4) is 0 Å². The summed E-state index contributed by atoms with van der Waals surface area (Å²) >= 11 is 7.79. The van der Waals surface area contributed by atoms with Crippen LogP contribution in [0.15, 0.2) is 0 Å². The number of hydrogen-bond donors (Lipinski definition) is 4. The van der Waals surface area contributed by atoms with Gasteiger partial charge in [0.2, 0.25) is 0 Å². The Hall–Kier alpha value is 0.440. The Bertz CT molecular complexity index is 334. The molecule has 23 heavy (non-hydrogen) atoms. The second-order valence-corrected chi connectivity index (χ2v) is 10.1. The molecule has 0 saturated carbocycles. The quantitative estimate of drug-likeness (QED) is 0.256. The third kappa shape index (κ3) is 10.8. The van der Waals surface area contributed by atoms with E-state index in [1.165, 1.54) is 64.2 Å². The van der Waals surface area contributed by atoms with E-state index in [4.69, 9.17) is 5.11 Å². The molecule has 0 aromatic rings. The van der Waals surface area contributed by atoms with Gasteiger partial charge in [-0.15, -0.1) is 24.4 Å². The number of hydrogen-bond acceptors (Lipinski definition) is 6. The molecule has 4 nitrogen and oxygen atoms in total. The fourth-order valence-corrected chi connectivity index (χ4v) is 5.86. The fourth-order valence-electron chi connectivity index (χ4n) is 2.55. The van der Waals surface area contributed by atoms with Gasteiger partial charge in [0.15, 0.2) is 0 Å². The van der Waals surface area contributed by atoms with E-state index in [0.717, 1.165) is 5.75 Å². The number of carbonyl (C=O) groups is 1. The van der Waals surface area contributed by atoms with Crippen LogP contribution < -0.4 is 10.9 Å². The van der Waals surface area contributed by atoms with Crippen molar-refractivity contribution in [1.29, 1.82) is 0 Å². The monoisotopic (exact) mass is 380 g/mol. The summed E-state index contributed by atoms with van der Waals surface area (Å²) in [4.78, 5) is 10.8. The lowest BCUT2D eigenvalue weighted by atomic mass is 10.1. The number of aliphatic carboxylic acids is 1. The highest BCUT2D eigenvalue weighted by atomic mass is 32.2. The first-order valence-electron chi connectivity index (χ1n) is 8.82.